The number of furan rings is 1. The van der Waals surface area contributed by atoms with Crippen molar-refractivity contribution in [2.45, 2.75) is 40.2 Å². The van der Waals surface area contributed by atoms with E-state index in [0.717, 1.165) is 46.8 Å². The van der Waals surface area contributed by atoms with Crippen LogP contribution in [-0.2, 0) is 13.0 Å². The van der Waals surface area contributed by atoms with Crippen molar-refractivity contribution in [3.63, 3.8) is 0 Å². The molecule has 0 unspecified atom stereocenters. The fourth-order valence-corrected chi connectivity index (χ4v) is 3.82. The first-order chi connectivity index (χ1) is 14.4. The van der Waals surface area contributed by atoms with Gasteiger partial charge in [-0.25, -0.2) is 0 Å². The number of anilines is 1. The van der Waals surface area contributed by atoms with Gasteiger partial charge in [-0.15, -0.1) is 0 Å². The minimum atomic E-state index is -0.235. The van der Waals surface area contributed by atoms with Crippen LogP contribution in [0.25, 0.3) is 0 Å². The molecule has 0 saturated carbocycles. The molecule has 2 heterocycles. The molecular formula is C24H26N4O2. The second kappa shape index (κ2) is 8.14. The second-order valence-corrected chi connectivity index (χ2v) is 8.41. The van der Waals surface area contributed by atoms with Gasteiger partial charge in [0.1, 0.15) is 5.76 Å². The largest absolute Gasteiger partial charge is 0.455 e. The molecule has 6 nitrogen and oxygen atoms in total. The molecule has 4 rings (SSSR count). The molecule has 154 valence electrons. The van der Waals surface area contributed by atoms with E-state index < -0.39 is 0 Å². The Morgan fingerprint density at radius 2 is 1.90 bits per heavy atom. The van der Waals surface area contributed by atoms with Crippen molar-refractivity contribution < 1.29 is 9.21 Å². The van der Waals surface area contributed by atoms with Crippen LogP contribution in [0.5, 0.6) is 0 Å². The van der Waals surface area contributed by atoms with E-state index in [1.165, 1.54) is 0 Å². The number of aromatic nitrogens is 1. The Morgan fingerprint density at radius 1 is 1.13 bits per heavy atom. The zero-order valence-corrected chi connectivity index (χ0v) is 17.5. The van der Waals surface area contributed by atoms with Crippen LogP contribution in [0.3, 0.4) is 0 Å². The lowest BCUT2D eigenvalue weighted by molar-refractivity contribution is 0.0918. The van der Waals surface area contributed by atoms with E-state index in [9.17, 15) is 4.79 Å². The first-order valence-corrected chi connectivity index (χ1v) is 10.1. The highest BCUT2D eigenvalue weighted by atomic mass is 16.4. The molecule has 30 heavy (non-hydrogen) atoms. The number of carbonyl (C=O) groups excluding carboxylic acids is 1. The molecule has 0 aliphatic heterocycles. The van der Waals surface area contributed by atoms with Crippen molar-refractivity contribution in [2.75, 3.05) is 5.43 Å². The summed E-state index contributed by atoms with van der Waals surface area (Å²) in [6.45, 7) is 6.65. The van der Waals surface area contributed by atoms with E-state index in [0.29, 0.717) is 12.3 Å². The van der Waals surface area contributed by atoms with Gasteiger partial charge in [0.25, 0.3) is 5.91 Å². The number of rotatable bonds is 5. The molecule has 0 fully saturated rings. The summed E-state index contributed by atoms with van der Waals surface area (Å²) >= 11 is 0. The Labute approximate surface area is 176 Å². The standard InChI is InChI=1S/C24H26N4O2/c1-16-21-19(28-27-17-9-5-4-6-10-17)13-24(2,3)14-20(21)30-22(16)23(29)26-15-18-11-7-8-12-25-18/h4-12,27H,13-15H2,1-3H3,(H,26,29)/b28-19-. The minimum absolute atomic E-state index is 0.00377. The Morgan fingerprint density at radius 3 is 2.63 bits per heavy atom. The van der Waals surface area contributed by atoms with Crippen molar-refractivity contribution in [3.05, 3.63) is 83.1 Å². The maximum atomic E-state index is 12.8. The third kappa shape index (κ3) is 4.27. The van der Waals surface area contributed by atoms with Crippen molar-refractivity contribution >= 4 is 17.3 Å². The molecule has 2 N–H and O–H groups in total. The average Bonchev–Trinajstić information content (AvgIpc) is 3.07. The lowest BCUT2D eigenvalue weighted by Crippen LogP contribution is -2.27. The van der Waals surface area contributed by atoms with Crippen LogP contribution < -0.4 is 10.7 Å². The van der Waals surface area contributed by atoms with Gasteiger partial charge in [-0.1, -0.05) is 38.1 Å². The first-order valence-electron chi connectivity index (χ1n) is 10.1. The number of hydrogen-bond acceptors (Lipinski definition) is 5. The lowest BCUT2D eigenvalue weighted by atomic mass is 9.75. The van der Waals surface area contributed by atoms with E-state index in [1.807, 2.05) is 55.5 Å². The molecule has 0 saturated heterocycles. The van der Waals surface area contributed by atoms with E-state index in [2.05, 4.69) is 34.7 Å². The van der Waals surface area contributed by atoms with E-state index in [4.69, 9.17) is 4.42 Å². The number of pyridine rings is 1. The second-order valence-electron chi connectivity index (χ2n) is 8.41. The first kappa shape index (κ1) is 19.9. The van der Waals surface area contributed by atoms with Gasteiger partial charge >= 0.3 is 0 Å². The Kier molecular flexibility index (Phi) is 5.40. The summed E-state index contributed by atoms with van der Waals surface area (Å²) in [4.78, 5) is 17.1. The predicted octanol–water partition coefficient (Wildman–Crippen LogP) is 4.70. The van der Waals surface area contributed by atoms with Crippen LogP contribution in [0.2, 0.25) is 0 Å². The van der Waals surface area contributed by atoms with Gasteiger partial charge in [-0.3, -0.25) is 15.2 Å². The maximum Gasteiger partial charge on any atom is 0.287 e. The van der Waals surface area contributed by atoms with E-state index >= 15 is 0 Å². The molecule has 0 radical (unpaired) electrons. The number of hydrogen-bond donors (Lipinski definition) is 2. The Bertz CT molecular complexity index is 1070. The van der Waals surface area contributed by atoms with Gasteiger partial charge in [-0.2, -0.15) is 5.10 Å². The number of hydrazone groups is 1. The monoisotopic (exact) mass is 402 g/mol. The molecule has 1 aromatic carbocycles. The zero-order valence-electron chi connectivity index (χ0n) is 17.5. The number of para-hydroxylation sites is 1. The number of nitrogens with zero attached hydrogens (tertiary/aromatic N) is 2. The van der Waals surface area contributed by atoms with Gasteiger partial charge in [0.05, 0.1) is 23.6 Å². The van der Waals surface area contributed by atoms with Crippen LogP contribution in [0.4, 0.5) is 5.69 Å². The summed E-state index contributed by atoms with van der Waals surface area (Å²) in [5.74, 6) is 0.933. The highest BCUT2D eigenvalue weighted by Gasteiger charge is 2.36. The van der Waals surface area contributed by atoms with Gasteiger partial charge < -0.3 is 9.73 Å². The summed E-state index contributed by atoms with van der Waals surface area (Å²) in [7, 11) is 0. The molecule has 6 heteroatoms. The third-order valence-corrected chi connectivity index (χ3v) is 5.25. The van der Waals surface area contributed by atoms with Gasteiger partial charge in [0, 0.05) is 23.7 Å². The lowest BCUT2D eigenvalue weighted by Gasteiger charge is -2.29. The normalized spacial score (nSPS) is 16.2. The summed E-state index contributed by atoms with van der Waals surface area (Å²) in [5.41, 5.74) is 7.54. The predicted molar refractivity (Wildman–Crippen MR) is 118 cm³/mol. The van der Waals surface area contributed by atoms with Crippen LogP contribution in [0, 0.1) is 12.3 Å². The Balaban J connectivity index is 1.60. The quantitative estimate of drug-likeness (QED) is 0.606. The molecule has 0 atom stereocenters. The smallest absolute Gasteiger partial charge is 0.287 e. The zero-order chi connectivity index (χ0) is 21.1. The number of amides is 1. The molecule has 1 aliphatic rings. The highest BCUT2D eigenvalue weighted by Crippen LogP contribution is 2.39. The SMILES string of the molecule is Cc1c(C(=O)NCc2ccccn2)oc2c1/C(=N\Nc1ccccc1)CC(C)(C)C2. The maximum absolute atomic E-state index is 12.8. The van der Waals surface area contributed by atoms with Crippen molar-refractivity contribution in [2.24, 2.45) is 10.5 Å². The fourth-order valence-electron chi connectivity index (χ4n) is 3.82. The molecule has 3 aromatic rings. The summed E-state index contributed by atoms with van der Waals surface area (Å²) in [5, 5.41) is 7.59. The van der Waals surface area contributed by atoms with Gasteiger partial charge in [0.2, 0.25) is 0 Å². The number of benzene rings is 1. The summed E-state index contributed by atoms with van der Waals surface area (Å²) in [6, 6.07) is 15.5. The van der Waals surface area contributed by atoms with Crippen LogP contribution in [0.15, 0.2) is 64.2 Å². The molecule has 0 bridgehead atoms. The van der Waals surface area contributed by atoms with Crippen molar-refractivity contribution in [1.82, 2.24) is 10.3 Å². The van der Waals surface area contributed by atoms with E-state index in [1.54, 1.807) is 6.20 Å². The molecule has 1 aliphatic carbocycles. The molecule has 1 amide bonds. The summed E-state index contributed by atoms with van der Waals surface area (Å²) in [6.07, 6.45) is 3.28. The third-order valence-electron chi connectivity index (χ3n) is 5.25. The van der Waals surface area contributed by atoms with Crippen molar-refractivity contribution in [3.8, 4) is 0 Å². The van der Waals surface area contributed by atoms with Gasteiger partial charge in [-0.05, 0) is 43.0 Å². The van der Waals surface area contributed by atoms with Crippen LogP contribution in [-0.4, -0.2) is 16.6 Å². The average molecular weight is 402 g/mol. The summed E-state index contributed by atoms with van der Waals surface area (Å²) < 4.78 is 6.06. The topological polar surface area (TPSA) is 79.5 Å². The van der Waals surface area contributed by atoms with Gasteiger partial charge in [0.15, 0.2) is 5.76 Å². The number of carbonyl (C=O) groups is 1. The van der Waals surface area contributed by atoms with Crippen molar-refractivity contribution in [1.29, 1.82) is 0 Å². The van der Waals surface area contributed by atoms with E-state index in [-0.39, 0.29) is 11.3 Å². The number of nitrogens with one attached hydrogen (secondary N) is 2. The van der Waals surface area contributed by atoms with Crippen LogP contribution >= 0.6 is 0 Å². The molecular weight excluding hydrogens is 376 g/mol. The Hall–Kier alpha value is -3.41. The fraction of sp³-hybridized carbons (Fsp3) is 0.292. The van der Waals surface area contributed by atoms with Crippen LogP contribution in [0.1, 0.15) is 53.4 Å². The minimum Gasteiger partial charge on any atom is -0.455 e. The highest BCUT2D eigenvalue weighted by molar-refractivity contribution is 6.07. The molecule has 0 spiro atoms. The molecule has 2 aromatic heterocycles. The number of fused-ring (bicyclic) bond motifs is 1.